The molecule has 1 N–H and O–H groups in total. The predicted octanol–water partition coefficient (Wildman–Crippen LogP) is 2.99. The number of anilines is 1. The summed E-state index contributed by atoms with van der Waals surface area (Å²) in [4.78, 5) is 18.6. The maximum atomic E-state index is 9.52. The van der Waals surface area contributed by atoms with Crippen LogP contribution in [0.3, 0.4) is 0 Å². The zero-order valence-electron chi connectivity index (χ0n) is 17.4. The fraction of sp³-hybridized carbons (Fsp3) is 0.500. The lowest BCUT2D eigenvalue weighted by Gasteiger charge is -2.41. The molecule has 2 aromatic heterocycles. The normalized spacial score (nSPS) is 17.6. The lowest BCUT2D eigenvalue weighted by atomic mass is 10.1. The number of nitrogens with zero attached hydrogens (tertiary/aromatic N) is 5. The zero-order chi connectivity index (χ0) is 20.1. The number of aromatic nitrogens is 3. The van der Waals surface area contributed by atoms with Crippen LogP contribution in [0.2, 0.25) is 0 Å². The largest absolute Gasteiger partial charge is 0.396 e. The minimum atomic E-state index is 0.193. The second-order valence-corrected chi connectivity index (χ2v) is 7.72. The number of rotatable bonds is 6. The number of piperazine rings is 1. The summed E-state index contributed by atoms with van der Waals surface area (Å²) in [6.07, 6.45) is 4.84. The summed E-state index contributed by atoms with van der Waals surface area (Å²) in [5.41, 5.74) is 5.26. The van der Waals surface area contributed by atoms with Gasteiger partial charge in [0.1, 0.15) is 0 Å². The SMILES string of the molecule is CC(C)=CCN1CCN(c2nccc(-c3ccc(C)nc3C)n2)C[C@H]1CCO. The first-order chi connectivity index (χ1) is 13.5. The Kier molecular flexibility index (Phi) is 6.75. The first kappa shape index (κ1) is 20.4. The molecule has 0 unspecified atom stereocenters. The highest BCUT2D eigenvalue weighted by molar-refractivity contribution is 5.62. The Balaban J connectivity index is 1.79. The van der Waals surface area contributed by atoms with Crippen molar-refractivity contribution in [2.75, 3.05) is 37.7 Å². The minimum absolute atomic E-state index is 0.193. The summed E-state index contributed by atoms with van der Waals surface area (Å²) < 4.78 is 0. The van der Waals surface area contributed by atoms with Gasteiger partial charge >= 0.3 is 0 Å². The summed E-state index contributed by atoms with van der Waals surface area (Å²) in [6, 6.07) is 6.34. The number of allylic oxidation sites excluding steroid dienone is 1. The molecule has 28 heavy (non-hydrogen) atoms. The van der Waals surface area contributed by atoms with Crippen LogP contribution < -0.4 is 4.90 Å². The molecule has 1 saturated heterocycles. The van der Waals surface area contributed by atoms with Gasteiger partial charge in [-0.05, 0) is 52.3 Å². The van der Waals surface area contributed by atoms with Crippen molar-refractivity contribution in [2.24, 2.45) is 0 Å². The Labute approximate surface area is 168 Å². The van der Waals surface area contributed by atoms with Crippen molar-refractivity contribution >= 4 is 5.95 Å². The van der Waals surface area contributed by atoms with Crippen LogP contribution in [0.15, 0.2) is 36.0 Å². The van der Waals surface area contributed by atoms with Gasteiger partial charge in [0.2, 0.25) is 5.95 Å². The zero-order valence-corrected chi connectivity index (χ0v) is 17.4. The smallest absolute Gasteiger partial charge is 0.225 e. The van der Waals surface area contributed by atoms with Crippen molar-refractivity contribution in [3.8, 4) is 11.3 Å². The molecule has 0 amide bonds. The van der Waals surface area contributed by atoms with Crippen LogP contribution in [0.4, 0.5) is 5.95 Å². The van der Waals surface area contributed by atoms with Crippen molar-refractivity contribution in [2.45, 2.75) is 40.2 Å². The Morgan fingerprint density at radius 3 is 2.71 bits per heavy atom. The van der Waals surface area contributed by atoms with Gasteiger partial charge in [-0.3, -0.25) is 9.88 Å². The lowest BCUT2D eigenvalue weighted by Crippen LogP contribution is -2.54. The third kappa shape index (κ3) is 4.94. The number of aryl methyl sites for hydroxylation is 2. The topological polar surface area (TPSA) is 65.4 Å². The van der Waals surface area contributed by atoms with Crippen LogP contribution in [-0.2, 0) is 0 Å². The quantitative estimate of drug-likeness (QED) is 0.776. The third-order valence-corrected chi connectivity index (χ3v) is 5.23. The van der Waals surface area contributed by atoms with Gasteiger partial charge in [0.25, 0.3) is 0 Å². The molecule has 0 saturated carbocycles. The molecule has 1 aliphatic rings. The van der Waals surface area contributed by atoms with Gasteiger partial charge in [-0.25, -0.2) is 9.97 Å². The molecule has 6 nitrogen and oxygen atoms in total. The molecule has 2 aromatic rings. The van der Waals surface area contributed by atoms with Crippen LogP contribution in [-0.4, -0.2) is 63.8 Å². The van der Waals surface area contributed by atoms with Crippen LogP contribution >= 0.6 is 0 Å². The van der Waals surface area contributed by atoms with Gasteiger partial charge in [0.15, 0.2) is 0 Å². The highest BCUT2D eigenvalue weighted by Gasteiger charge is 2.27. The van der Waals surface area contributed by atoms with E-state index in [4.69, 9.17) is 4.98 Å². The van der Waals surface area contributed by atoms with E-state index in [9.17, 15) is 5.11 Å². The van der Waals surface area contributed by atoms with Crippen LogP contribution in [0, 0.1) is 13.8 Å². The van der Waals surface area contributed by atoms with E-state index < -0.39 is 0 Å². The summed E-state index contributed by atoms with van der Waals surface area (Å²) in [5, 5.41) is 9.52. The van der Waals surface area contributed by atoms with Crippen LogP contribution in [0.5, 0.6) is 0 Å². The molecule has 0 aromatic carbocycles. The Morgan fingerprint density at radius 1 is 1.18 bits per heavy atom. The second-order valence-electron chi connectivity index (χ2n) is 7.72. The molecule has 6 heteroatoms. The molecule has 150 valence electrons. The summed E-state index contributed by atoms with van der Waals surface area (Å²) >= 11 is 0. The first-order valence-corrected chi connectivity index (χ1v) is 9.99. The van der Waals surface area contributed by atoms with E-state index in [2.05, 4.69) is 45.8 Å². The summed E-state index contributed by atoms with van der Waals surface area (Å²) in [7, 11) is 0. The molecular weight excluding hydrogens is 350 g/mol. The maximum absolute atomic E-state index is 9.52. The number of hydrogen-bond donors (Lipinski definition) is 1. The van der Waals surface area contributed by atoms with Gasteiger partial charge in [-0.15, -0.1) is 0 Å². The first-order valence-electron chi connectivity index (χ1n) is 9.99. The van der Waals surface area contributed by atoms with Crippen LogP contribution in [0.25, 0.3) is 11.3 Å². The number of hydrogen-bond acceptors (Lipinski definition) is 6. The number of pyridine rings is 1. The van der Waals surface area contributed by atoms with E-state index in [0.717, 1.165) is 61.2 Å². The molecule has 1 fully saturated rings. The number of aliphatic hydroxyl groups excluding tert-OH is 1. The molecule has 1 atom stereocenters. The van der Waals surface area contributed by atoms with E-state index in [-0.39, 0.29) is 6.61 Å². The lowest BCUT2D eigenvalue weighted by molar-refractivity contribution is 0.155. The van der Waals surface area contributed by atoms with Gasteiger partial charge < -0.3 is 10.0 Å². The molecule has 0 aliphatic carbocycles. The van der Waals surface area contributed by atoms with Crippen molar-refractivity contribution in [3.05, 3.63) is 47.4 Å². The van der Waals surface area contributed by atoms with Crippen molar-refractivity contribution in [3.63, 3.8) is 0 Å². The molecule has 1 aliphatic heterocycles. The van der Waals surface area contributed by atoms with Gasteiger partial charge in [0, 0.05) is 62.0 Å². The van der Waals surface area contributed by atoms with Crippen LogP contribution in [0.1, 0.15) is 31.7 Å². The van der Waals surface area contributed by atoms with Crippen molar-refractivity contribution < 1.29 is 5.11 Å². The second kappa shape index (κ2) is 9.26. The van der Waals surface area contributed by atoms with E-state index in [1.54, 1.807) is 0 Å². The molecule has 3 rings (SSSR count). The fourth-order valence-corrected chi connectivity index (χ4v) is 3.65. The standard InChI is InChI=1S/C22H31N5O/c1-16(2)8-11-26-12-13-27(15-19(26)9-14-28)22-23-10-7-21(25-22)20-6-5-17(3)24-18(20)4/h5-8,10,19,28H,9,11-15H2,1-4H3/t19-/m1/s1. The van der Waals surface area contributed by atoms with Gasteiger partial charge in [-0.1, -0.05) is 11.6 Å². The van der Waals surface area contributed by atoms with E-state index in [0.29, 0.717) is 6.04 Å². The summed E-state index contributed by atoms with van der Waals surface area (Å²) in [5.74, 6) is 0.752. The molecule has 0 radical (unpaired) electrons. The van der Waals surface area contributed by atoms with E-state index >= 15 is 0 Å². The average Bonchev–Trinajstić information content (AvgIpc) is 2.67. The van der Waals surface area contributed by atoms with E-state index in [1.165, 1.54) is 5.57 Å². The Bertz CT molecular complexity index is 831. The average molecular weight is 382 g/mol. The molecular formula is C22H31N5O. The Morgan fingerprint density at radius 2 is 2.00 bits per heavy atom. The van der Waals surface area contributed by atoms with Crippen molar-refractivity contribution in [1.29, 1.82) is 0 Å². The molecule has 3 heterocycles. The fourth-order valence-electron chi connectivity index (χ4n) is 3.65. The van der Waals surface area contributed by atoms with Crippen molar-refractivity contribution in [1.82, 2.24) is 19.9 Å². The maximum Gasteiger partial charge on any atom is 0.225 e. The minimum Gasteiger partial charge on any atom is -0.396 e. The third-order valence-electron chi connectivity index (χ3n) is 5.23. The molecule has 0 bridgehead atoms. The van der Waals surface area contributed by atoms with E-state index in [1.807, 2.05) is 32.2 Å². The number of aliphatic hydroxyl groups is 1. The van der Waals surface area contributed by atoms with Gasteiger partial charge in [0.05, 0.1) is 5.69 Å². The monoisotopic (exact) mass is 381 g/mol. The predicted molar refractivity (Wildman–Crippen MR) is 113 cm³/mol. The Hall–Kier alpha value is -2.31. The summed E-state index contributed by atoms with van der Waals surface area (Å²) in [6.45, 7) is 12.0. The highest BCUT2D eigenvalue weighted by atomic mass is 16.3. The highest BCUT2D eigenvalue weighted by Crippen LogP contribution is 2.23. The molecule has 0 spiro atoms. The van der Waals surface area contributed by atoms with Gasteiger partial charge in [-0.2, -0.15) is 0 Å².